The maximum absolute atomic E-state index is 12.2. The van der Waals surface area contributed by atoms with Crippen molar-refractivity contribution in [2.45, 2.75) is 22.6 Å². The standard InChI is InChI=1S/C28H29N5O2S/c1-29-28(34)24-6-2-3-7-27(24)36-22-9-10-23-25(31-32-26(23)19-22)11-8-20-18-21(12-13-30-20)35-17-16-33-14-4-5-15-33/h2-3,6-13,18-19H,4-5,14-17H2,1H3,(H,29,34)(H,31,32)/b11-8+. The quantitative estimate of drug-likeness (QED) is 0.333. The molecule has 8 heteroatoms. The summed E-state index contributed by atoms with van der Waals surface area (Å²) in [6.07, 6.45) is 8.26. The van der Waals surface area contributed by atoms with Crippen molar-refractivity contribution in [3.63, 3.8) is 0 Å². The number of rotatable bonds is 9. The minimum Gasteiger partial charge on any atom is -0.492 e. The number of aromatic amines is 1. The van der Waals surface area contributed by atoms with Gasteiger partial charge in [0.05, 0.1) is 22.5 Å². The number of ether oxygens (including phenoxy) is 1. The monoisotopic (exact) mass is 499 g/mol. The Balaban J connectivity index is 1.26. The van der Waals surface area contributed by atoms with Crippen LogP contribution in [0.15, 0.2) is 70.6 Å². The minimum atomic E-state index is -0.0946. The van der Waals surface area contributed by atoms with E-state index in [0.717, 1.165) is 44.4 Å². The highest BCUT2D eigenvalue weighted by atomic mass is 32.2. The summed E-state index contributed by atoms with van der Waals surface area (Å²) in [4.78, 5) is 21.0. The second kappa shape index (κ2) is 11.4. The first-order chi connectivity index (χ1) is 17.7. The molecule has 0 atom stereocenters. The molecule has 0 bridgehead atoms. The zero-order valence-electron chi connectivity index (χ0n) is 20.2. The third-order valence-corrected chi connectivity index (χ3v) is 7.26. The Morgan fingerprint density at radius 1 is 1.14 bits per heavy atom. The molecular weight excluding hydrogens is 470 g/mol. The number of H-pyrrole nitrogens is 1. The molecule has 0 aliphatic carbocycles. The third-order valence-electron chi connectivity index (χ3n) is 6.19. The summed E-state index contributed by atoms with van der Waals surface area (Å²) in [5.41, 5.74) is 3.26. The fraction of sp³-hybridized carbons (Fsp3) is 0.250. The van der Waals surface area contributed by atoms with Gasteiger partial charge >= 0.3 is 0 Å². The molecule has 3 heterocycles. The fourth-order valence-corrected chi connectivity index (χ4v) is 5.27. The molecule has 1 aliphatic rings. The van der Waals surface area contributed by atoms with Crippen LogP contribution in [0.3, 0.4) is 0 Å². The minimum absolute atomic E-state index is 0.0946. The molecule has 0 radical (unpaired) electrons. The van der Waals surface area contributed by atoms with E-state index in [4.69, 9.17) is 4.74 Å². The number of carbonyl (C=O) groups is 1. The molecule has 1 fully saturated rings. The van der Waals surface area contributed by atoms with E-state index in [9.17, 15) is 4.79 Å². The lowest BCUT2D eigenvalue weighted by Gasteiger charge is -2.14. The zero-order chi connectivity index (χ0) is 24.7. The van der Waals surface area contributed by atoms with E-state index in [-0.39, 0.29) is 5.91 Å². The predicted octanol–water partition coefficient (Wildman–Crippen LogP) is 5.11. The van der Waals surface area contributed by atoms with Gasteiger partial charge in [0.2, 0.25) is 0 Å². The molecule has 36 heavy (non-hydrogen) atoms. The van der Waals surface area contributed by atoms with E-state index in [0.29, 0.717) is 12.2 Å². The first-order valence-electron chi connectivity index (χ1n) is 12.2. The van der Waals surface area contributed by atoms with Gasteiger partial charge in [0.25, 0.3) is 5.91 Å². The van der Waals surface area contributed by atoms with E-state index in [1.807, 2.05) is 54.6 Å². The third kappa shape index (κ3) is 5.78. The van der Waals surface area contributed by atoms with Crippen molar-refractivity contribution >= 4 is 40.7 Å². The number of pyridine rings is 1. The normalized spacial score (nSPS) is 14.0. The van der Waals surface area contributed by atoms with Crippen LogP contribution in [0.5, 0.6) is 5.75 Å². The van der Waals surface area contributed by atoms with Crippen LogP contribution in [0.25, 0.3) is 23.1 Å². The molecule has 1 saturated heterocycles. The van der Waals surface area contributed by atoms with E-state index in [1.54, 1.807) is 25.0 Å². The van der Waals surface area contributed by atoms with Crippen molar-refractivity contribution in [2.75, 3.05) is 33.3 Å². The van der Waals surface area contributed by atoms with Crippen molar-refractivity contribution in [1.82, 2.24) is 25.4 Å². The Kier molecular flexibility index (Phi) is 7.64. The number of benzene rings is 2. The van der Waals surface area contributed by atoms with Gasteiger partial charge in [-0.1, -0.05) is 23.9 Å². The highest BCUT2D eigenvalue weighted by Gasteiger charge is 2.12. The molecule has 2 aromatic carbocycles. The number of fused-ring (bicyclic) bond motifs is 1. The summed E-state index contributed by atoms with van der Waals surface area (Å²) in [6.45, 7) is 4.00. The molecule has 2 N–H and O–H groups in total. The molecule has 7 nitrogen and oxygen atoms in total. The maximum Gasteiger partial charge on any atom is 0.252 e. The van der Waals surface area contributed by atoms with Crippen LogP contribution >= 0.6 is 11.8 Å². The Morgan fingerprint density at radius 2 is 2.00 bits per heavy atom. The van der Waals surface area contributed by atoms with Crippen molar-refractivity contribution < 1.29 is 9.53 Å². The van der Waals surface area contributed by atoms with E-state index < -0.39 is 0 Å². The Hall–Kier alpha value is -3.62. The van der Waals surface area contributed by atoms with Crippen LogP contribution in [-0.4, -0.2) is 59.3 Å². The number of aromatic nitrogens is 3. The number of nitrogens with zero attached hydrogens (tertiary/aromatic N) is 3. The number of hydrogen-bond acceptors (Lipinski definition) is 6. The first kappa shape index (κ1) is 24.1. The van der Waals surface area contributed by atoms with Gasteiger partial charge in [0, 0.05) is 41.0 Å². The van der Waals surface area contributed by atoms with Crippen molar-refractivity contribution in [3.8, 4) is 5.75 Å². The van der Waals surface area contributed by atoms with Crippen LogP contribution in [0, 0.1) is 0 Å². The van der Waals surface area contributed by atoms with Gasteiger partial charge in [-0.05, 0) is 74.5 Å². The summed E-state index contributed by atoms with van der Waals surface area (Å²) >= 11 is 1.55. The molecule has 184 valence electrons. The van der Waals surface area contributed by atoms with Gasteiger partial charge in [-0.25, -0.2) is 0 Å². The molecule has 1 aliphatic heterocycles. The van der Waals surface area contributed by atoms with Gasteiger partial charge in [-0.2, -0.15) is 5.10 Å². The number of likely N-dealkylation sites (tertiary alicyclic amines) is 1. The second-order valence-corrected chi connectivity index (χ2v) is 9.76. The SMILES string of the molecule is CNC(=O)c1ccccc1Sc1ccc2c(/C=C/c3cc(OCCN4CCCC4)ccn3)n[nH]c2c1. The molecule has 5 rings (SSSR count). The Bertz CT molecular complexity index is 1380. The highest BCUT2D eigenvalue weighted by Crippen LogP contribution is 2.33. The lowest BCUT2D eigenvalue weighted by molar-refractivity contribution is 0.0960. The summed E-state index contributed by atoms with van der Waals surface area (Å²) in [5.74, 6) is 0.734. The van der Waals surface area contributed by atoms with Crippen LogP contribution < -0.4 is 10.1 Å². The first-order valence-corrected chi connectivity index (χ1v) is 13.0. The van der Waals surface area contributed by atoms with Gasteiger partial charge in [-0.15, -0.1) is 0 Å². The molecule has 2 aromatic heterocycles. The van der Waals surface area contributed by atoms with Crippen molar-refractivity contribution in [3.05, 3.63) is 77.7 Å². The summed E-state index contributed by atoms with van der Waals surface area (Å²) in [6, 6.07) is 17.6. The molecule has 0 saturated carbocycles. The summed E-state index contributed by atoms with van der Waals surface area (Å²) < 4.78 is 5.94. The van der Waals surface area contributed by atoms with E-state index >= 15 is 0 Å². The van der Waals surface area contributed by atoms with Gasteiger partial charge in [-0.3, -0.25) is 19.8 Å². The van der Waals surface area contributed by atoms with E-state index in [1.165, 1.54) is 25.9 Å². The number of carbonyl (C=O) groups excluding carboxylic acids is 1. The topological polar surface area (TPSA) is 83.1 Å². The number of nitrogens with one attached hydrogen (secondary N) is 2. The maximum atomic E-state index is 12.2. The number of amides is 1. The average Bonchev–Trinajstić information content (AvgIpc) is 3.57. The van der Waals surface area contributed by atoms with Crippen LogP contribution in [-0.2, 0) is 0 Å². The lowest BCUT2D eigenvalue weighted by atomic mass is 10.2. The summed E-state index contributed by atoms with van der Waals surface area (Å²) in [7, 11) is 1.64. The average molecular weight is 500 g/mol. The van der Waals surface area contributed by atoms with Crippen LogP contribution in [0.2, 0.25) is 0 Å². The van der Waals surface area contributed by atoms with Crippen LogP contribution in [0.4, 0.5) is 0 Å². The lowest BCUT2D eigenvalue weighted by Crippen LogP contribution is -2.25. The molecule has 1 amide bonds. The largest absolute Gasteiger partial charge is 0.492 e. The van der Waals surface area contributed by atoms with Crippen LogP contribution in [0.1, 0.15) is 34.6 Å². The highest BCUT2D eigenvalue weighted by molar-refractivity contribution is 7.99. The van der Waals surface area contributed by atoms with Gasteiger partial charge < -0.3 is 10.1 Å². The zero-order valence-corrected chi connectivity index (χ0v) is 21.1. The smallest absolute Gasteiger partial charge is 0.252 e. The summed E-state index contributed by atoms with van der Waals surface area (Å²) in [5, 5.41) is 11.3. The molecule has 0 spiro atoms. The second-order valence-electron chi connectivity index (χ2n) is 8.64. The predicted molar refractivity (Wildman–Crippen MR) is 144 cm³/mol. The Morgan fingerprint density at radius 3 is 2.86 bits per heavy atom. The van der Waals surface area contributed by atoms with Gasteiger partial charge in [0.1, 0.15) is 12.4 Å². The molecule has 4 aromatic rings. The van der Waals surface area contributed by atoms with Crippen molar-refractivity contribution in [2.24, 2.45) is 0 Å². The van der Waals surface area contributed by atoms with Gasteiger partial charge in [0.15, 0.2) is 0 Å². The van der Waals surface area contributed by atoms with Crippen molar-refractivity contribution in [1.29, 1.82) is 0 Å². The molecular formula is C28H29N5O2S. The number of hydrogen-bond donors (Lipinski definition) is 2. The fourth-order valence-electron chi connectivity index (χ4n) is 4.29. The van der Waals surface area contributed by atoms with E-state index in [2.05, 4.69) is 37.5 Å². The molecule has 0 unspecified atom stereocenters. The Labute approximate surface area is 215 Å².